The highest BCUT2D eigenvalue weighted by atomic mass is 32.1. The van der Waals surface area contributed by atoms with Crippen LogP contribution in [0.2, 0.25) is 0 Å². The SMILES string of the molecule is Cc1cc(NC(=O)CN(C)[C@@H](C)c2nc(-c3cccs3)no2)no1. The Balaban J connectivity index is 1.60. The highest BCUT2D eigenvalue weighted by molar-refractivity contribution is 7.13. The van der Waals surface area contributed by atoms with Gasteiger partial charge in [-0.25, -0.2) is 0 Å². The van der Waals surface area contributed by atoms with E-state index in [-0.39, 0.29) is 18.5 Å². The second kappa shape index (κ2) is 6.93. The van der Waals surface area contributed by atoms with Gasteiger partial charge in [0.1, 0.15) is 5.76 Å². The number of hydrogen-bond donors (Lipinski definition) is 1. The van der Waals surface area contributed by atoms with E-state index >= 15 is 0 Å². The minimum atomic E-state index is -0.198. The Bertz CT molecular complexity index is 811. The zero-order chi connectivity index (χ0) is 17.1. The molecule has 1 atom stereocenters. The molecule has 0 saturated carbocycles. The number of nitrogens with one attached hydrogen (secondary N) is 1. The van der Waals surface area contributed by atoms with Crippen LogP contribution in [-0.2, 0) is 4.79 Å². The van der Waals surface area contributed by atoms with E-state index in [2.05, 4.69) is 20.6 Å². The van der Waals surface area contributed by atoms with E-state index in [1.165, 1.54) is 0 Å². The van der Waals surface area contributed by atoms with E-state index in [4.69, 9.17) is 9.05 Å². The van der Waals surface area contributed by atoms with Crippen molar-refractivity contribution >= 4 is 23.1 Å². The van der Waals surface area contributed by atoms with E-state index in [0.29, 0.717) is 23.3 Å². The van der Waals surface area contributed by atoms with Crippen molar-refractivity contribution in [3.05, 3.63) is 35.2 Å². The summed E-state index contributed by atoms with van der Waals surface area (Å²) in [6.07, 6.45) is 0. The average Bonchev–Trinajstić information content (AvgIpc) is 3.27. The molecule has 0 radical (unpaired) electrons. The average molecular weight is 347 g/mol. The third kappa shape index (κ3) is 3.69. The first-order valence-electron chi connectivity index (χ1n) is 7.34. The van der Waals surface area contributed by atoms with Crippen LogP contribution in [0.5, 0.6) is 0 Å². The Morgan fingerprint density at radius 3 is 2.92 bits per heavy atom. The summed E-state index contributed by atoms with van der Waals surface area (Å²) in [5, 5.41) is 12.4. The summed E-state index contributed by atoms with van der Waals surface area (Å²) in [5.74, 6) is 1.86. The minimum Gasteiger partial charge on any atom is -0.360 e. The summed E-state index contributed by atoms with van der Waals surface area (Å²) >= 11 is 1.54. The fraction of sp³-hybridized carbons (Fsp3) is 0.333. The summed E-state index contributed by atoms with van der Waals surface area (Å²) < 4.78 is 10.2. The Morgan fingerprint density at radius 2 is 2.25 bits per heavy atom. The number of nitrogens with zero attached hydrogens (tertiary/aromatic N) is 4. The van der Waals surface area contributed by atoms with Gasteiger partial charge in [0.15, 0.2) is 5.82 Å². The molecule has 126 valence electrons. The van der Waals surface area contributed by atoms with Crippen molar-refractivity contribution in [2.24, 2.45) is 0 Å². The maximum absolute atomic E-state index is 12.1. The molecule has 9 heteroatoms. The smallest absolute Gasteiger partial charge is 0.244 e. The molecule has 0 spiro atoms. The van der Waals surface area contributed by atoms with Gasteiger partial charge in [-0.05, 0) is 32.3 Å². The van der Waals surface area contributed by atoms with Gasteiger partial charge in [0.2, 0.25) is 17.6 Å². The van der Waals surface area contributed by atoms with Crippen molar-refractivity contribution in [3.63, 3.8) is 0 Å². The molecule has 8 nitrogen and oxygen atoms in total. The highest BCUT2D eigenvalue weighted by Gasteiger charge is 2.21. The van der Waals surface area contributed by atoms with Crippen LogP contribution in [-0.4, -0.2) is 39.7 Å². The summed E-state index contributed by atoms with van der Waals surface area (Å²) in [7, 11) is 1.81. The Kier molecular flexibility index (Phi) is 4.72. The lowest BCUT2D eigenvalue weighted by Gasteiger charge is -2.20. The van der Waals surface area contributed by atoms with Crippen LogP contribution >= 0.6 is 11.3 Å². The number of aromatic nitrogens is 3. The molecule has 0 aliphatic rings. The van der Waals surface area contributed by atoms with Gasteiger partial charge < -0.3 is 14.4 Å². The van der Waals surface area contributed by atoms with Crippen molar-refractivity contribution < 1.29 is 13.8 Å². The number of likely N-dealkylation sites (N-methyl/N-ethyl adjacent to an activating group) is 1. The standard InChI is InChI=1S/C15H17N5O3S/c1-9-7-12(18-22-9)16-13(21)8-20(3)10(2)15-17-14(19-23-15)11-5-4-6-24-11/h4-7,10H,8H2,1-3H3,(H,16,18,21)/t10-/m0/s1. The second-order valence-corrected chi connectivity index (χ2v) is 6.34. The second-order valence-electron chi connectivity index (χ2n) is 5.40. The lowest BCUT2D eigenvalue weighted by molar-refractivity contribution is -0.117. The first-order chi connectivity index (χ1) is 11.5. The van der Waals surface area contributed by atoms with Crippen LogP contribution in [0.1, 0.15) is 24.6 Å². The first kappa shape index (κ1) is 16.3. The third-order valence-corrected chi connectivity index (χ3v) is 4.36. The molecule has 0 unspecified atom stereocenters. The van der Waals surface area contributed by atoms with Crippen LogP contribution in [0, 0.1) is 6.92 Å². The molecular weight excluding hydrogens is 330 g/mol. The topological polar surface area (TPSA) is 97.3 Å². The van der Waals surface area contributed by atoms with E-state index < -0.39 is 0 Å². The number of thiophene rings is 1. The Morgan fingerprint density at radius 1 is 1.42 bits per heavy atom. The molecule has 0 aliphatic carbocycles. The van der Waals surface area contributed by atoms with Gasteiger partial charge in [-0.3, -0.25) is 9.69 Å². The monoisotopic (exact) mass is 347 g/mol. The number of rotatable bonds is 6. The van der Waals surface area contributed by atoms with Crippen molar-refractivity contribution in [2.45, 2.75) is 19.9 Å². The quantitative estimate of drug-likeness (QED) is 0.732. The van der Waals surface area contributed by atoms with Crippen molar-refractivity contribution in [3.8, 4) is 10.7 Å². The van der Waals surface area contributed by atoms with Gasteiger partial charge in [-0.1, -0.05) is 16.4 Å². The number of aryl methyl sites for hydroxylation is 1. The molecule has 0 fully saturated rings. The fourth-order valence-electron chi connectivity index (χ4n) is 2.07. The van der Waals surface area contributed by atoms with Gasteiger partial charge in [0.05, 0.1) is 17.5 Å². The van der Waals surface area contributed by atoms with E-state index in [1.807, 2.05) is 36.4 Å². The molecule has 0 aromatic carbocycles. The van der Waals surface area contributed by atoms with Crippen molar-refractivity contribution in [2.75, 3.05) is 18.9 Å². The molecule has 3 aromatic heterocycles. The fourth-order valence-corrected chi connectivity index (χ4v) is 2.72. The van der Waals surface area contributed by atoms with Crippen LogP contribution < -0.4 is 5.32 Å². The lowest BCUT2D eigenvalue weighted by Crippen LogP contribution is -2.32. The van der Waals surface area contributed by atoms with Crippen LogP contribution in [0.25, 0.3) is 10.7 Å². The molecule has 3 aromatic rings. The predicted octanol–water partition coefficient (Wildman–Crippen LogP) is 2.73. The molecule has 3 rings (SSSR count). The molecule has 3 heterocycles. The minimum absolute atomic E-state index is 0.157. The van der Waals surface area contributed by atoms with Crippen molar-refractivity contribution in [1.29, 1.82) is 0 Å². The van der Waals surface area contributed by atoms with E-state index in [9.17, 15) is 4.79 Å². The number of carbonyl (C=O) groups excluding carboxylic acids is 1. The third-order valence-electron chi connectivity index (χ3n) is 3.49. The molecule has 0 aliphatic heterocycles. The van der Waals surface area contributed by atoms with Crippen molar-refractivity contribution in [1.82, 2.24) is 20.2 Å². The largest absolute Gasteiger partial charge is 0.360 e. The van der Waals surface area contributed by atoms with Gasteiger partial charge in [-0.2, -0.15) is 4.98 Å². The molecule has 1 N–H and O–H groups in total. The molecule has 0 bridgehead atoms. The molecule has 0 saturated heterocycles. The van der Waals surface area contributed by atoms with Gasteiger partial charge in [-0.15, -0.1) is 11.3 Å². The van der Waals surface area contributed by atoms with E-state index in [0.717, 1.165) is 4.88 Å². The summed E-state index contributed by atoms with van der Waals surface area (Å²) in [4.78, 5) is 19.2. The highest BCUT2D eigenvalue weighted by Crippen LogP contribution is 2.24. The number of amides is 1. The first-order valence-corrected chi connectivity index (χ1v) is 8.22. The zero-order valence-electron chi connectivity index (χ0n) is 13.5. The molecular formula is C15H17N5O3S. The summed E-state index contributed by atoms with van der Waals surface area (Å²) in [6.45, 7) is 3.82. The van der Waals surface area contributed by atoms with Crippen LogP contribution in [0.15, 0.2) is 32.6 Å². The summed E-state index contributed by atoms with van der Waals surface area (Å²) in [5.41, 5.74) is 0. The van der Waals surface area contributed by atoms with Gasteiger partial charge in [0, 0.05) is 6.07 Å². The zero-order valence-corrected chi connectivity index (χ0v) is 14.3. The van der Waals surface area contributed by atoms with Crippen LogP contribution in [0.4, 0.5) is 5.82 Å². The van der Waals surface area contributed by atoms with Crippen LogP contribution in [0.3, 0.4) is 0 Å². The summed E-state index contributed by atoms with van der Waals surface area (Å²) in [6, 6.07) is 5.32. The normalized spacial score (nSPS) is 12.5. The molecule has 24 heavy (non-hydrogen) atoms. The number of anilines is 1. The molecule has 1 amide bonds. The van der Waals surface area contributed by atoms with Gasteiger partial charge >= 0.3 is 0 Å². The Labute approximate surface area is 142 Å². The number of carbonyl (C=O) groups is 1. The lowest BCUT2D eigenvalue weighted by atomic mass is 10.3. The van der Waals surface area contributed by atoms with E-state index in [1.54, 1.807) is 24.3 Å². The maximum Gasteiger partial charge on any atom is 0.244 e. The number of hydrogen-bond acceptors (Lipinski definition) is 8. The maximum atomic E-state index is 12.1. The predicted molar refractivity (Wildman–Crippen MR) is 88.5 cm³/mol. The van der Waals surface area contributed by atoms with Gasteiger partial charge in [0.25, 0.3) is 0 Å². The Hall–Kier alpha value is -2.52.